The minimum Gasteiger partial charge on any atom is -0.290 e. The zero-order chi connectivity index (χ0) is 13.1. The van der Waals surface area contributed by atoms with Gasteiger partial charge in [0.1, 0.15) is 0 Å². The number of aromatic nitrogens is 1. The third-order valence-electron chi connectivity index (χ3n) is 2.27. The molecule has 0 N–H and O–H groups in total. The molecule has 0 spiro atoms. The Labute approximate surface area is 115 Å². The maximum absolute atomic E-state index is 13.2. The molecule has 1 aromatic rings. The third-order valence-corrected chi connectivity index (χ3v) is 2.96. The van der Waals surface area contributed by atoms with E-state index in [1.54, 1.807) is 0 Å². The van der Waals surface area contributed by atoms with Gasteiger partial charge in [0.05, 0.1) is 0 Å². The van der Waals surface area contributed by atoms with Crippen molar-refractivity contribution in [3.05, 3.63) is 22.7 Å². The Kier molecular flexibility index (Phi) is 3.75. The van der Waals surface area contributed by atoms with E-state index >= 15 is 0 Å². The number of hydrogen-bond acceptors (Lipinski definition) is 2. The number of hydrogen-bond donors (Lipinski definition) is 0. The van der Waals surface area contributed by atoms with Crippen LogP contribution in [0.2, 0.25) is 0 Å². The fraction of sp³-hybridized carbons (Fsp3) is 0.444. The largest absolute Gasteiger partial charge is 0.360 e. The van der Waals surface area contributed by atoms with E-state index in [4.69, 9.17) is 0 Å². The summed E-state index contributed by atoms with van der Waals surface area (Å²) in [5.41, 5.74) is -2.13. The molecule has 1 radical (unpaired) electrons. The second-order valence-corrected chi connectivity index (χ2v) is 4.56. The summed E-state index contributed by atoms with van der Waals surface area (Å²) >= 11 is 0.758. The average molecular weight is 464 g/mol. The predicted octanol–water partition coefficient (Wildman–Crippen LogP) is 3.56. The monoisotopic (exact) mass is 465 g/mol. The van der Waals surface area contributed by atoms with Crippen LogP contribution in [0.5, 0.6) is 0 Å². The van der Waals surface area contributed by atoms with E-state index in [1.165, 1.54) is 6.92 Å². The summed E-state index contributed by atoms with van der Waals surface area (Å²) in [7, 11) is 0. The van der Waals surface area contributed by atoms with Crippen LogP contribution in [0.25, 0.3) is 5.57 Å². The predicted molar refractivity (Wildman–Crippen MR) is 48.3 cm³/mol. The number of rotatable bonds is 1. The van der Waals surface area contributed by atoms with Crippen molar-refractivity contribution in [3.8, 4) is 0 Å². The first kappa shape index (κ1) is 15.7. The normalized spacial score (nSPS) is 23.4. The molecule has 1 aliphatic carbocycles. The van der Waals surface area contributed by atoms with E-state index in [1.807, 2.05) is 0 Å². The second kappa shape index (κ2) is 4.31. The van der Waals surface area contributed by atoms with E-state index in [0.717, 1.165) is 23.7 Å². The quantitative estimate of drug-likeness (QED) is 0.458. The number of aryl methyl sites for hydroxylation is 1. The molecule has 18 heavy (non-hydrogen) atoms. The van der Waals surface area contributed by atoms with Gasteiger partial charge in [-0.3, -0.25) is 4.37 Å². The topological polar surface area (TPSA) is 12.9 Å². The molecule has 0 amide bonds. The number of allylic oxidation sites excluding steroid dienone is 2. The van der Waals surface area contributed by atoms with Gasteiger partial charge >= 0.3 is 11.8 Å². The molecule has 0 saturated carbocycles. The molecule has 9 heteroatoms. The van der Waals surface area contributed by atoms with Gasteiger partial charge in [-0.05, 0) is 6.92 Å². The van der Waals surface area contributed by atoms with E-state index in [9.17, 15) is 26.3 Å². The van der Waals surface area contributed by atoms with Crippen LogP contribution >= 0.6 is 11.5 Å². The van der Waals surface area contributed by atoms with E-state index in [-0.39, 0.29) is 20.1 Å². The maximum Gasteiger partial charge on any atom is 0.360 e. The van der Waals surface area contributed by atoms with Crippen LogP contribution in [0.1, 0.15) is 10.6 Å². The molecule has 0 saturated heterocycles. The third kappa shape index (κ3) is 1.92. The summed E-state index contributed by atoms with van der Waals surface area (Å²) in [4.78, 5) is 0.448. The fourth-order valence-electron chi connectivity index (χ4n) is 1.38. The van der Waals surface area contributed by atoms with Crippen molar-refractivity contribution in [1.29, 1.82) is 0 Å². The molecule has 0 unspecified atom stereocenters. The summed E-state index contributed by atoms with van der Waals surface area (Å²) < 4.78 is 81.1. The van der Waals surface area contributed by atoms with Crippen molar-refractivity contribution in [2.24, 2.45) is 0 Å². The van der Waals surface area contributed by atoms with Gasteiger partial charge < -0.3 is 0 Å². The zero-order valence-corrected chi connectivity index (χ0v) is 11.7. The summed E-state index contributed by atoms with van der Waals surface area (Å²) in [5, 5.41) is 0. The summed E-state index contributed by atoms with van der Waals surface area (Å²) in [6, 6.07) is 1.04. The van der Waals surface area contributed by atoms with E-state index < -0.39 is 29.0 Å². The minimum absolute atomic E-state index is 0. The van der Waals surface area contributed by atoms with Crippen LogP contribution in [-0.4, -0.2) is 22.1 Å². The number of alkyl halides is 6. The van der Waals surface area contributed by atoms with Crippen LogP contribution in [0.3, 0.4) is 0 Å². The Morgan fingerprint density at radius 2 is 1.72 bits per heavy atom. The van der Waals surface area contributed by atoms with Crippen molar-refractivity contribution < 1.29 is 46.4 Å². The first-order chi connectivity index (χ1) is 7.59. The smallest absolute Gasteiger partial charge is 0.290 e. The van der Waals surface area contributed by atoms with Crippen LogP contribution in [0, 0.1) is 13.0 Å². The van der Waals surface area contributed by atoms with Crippen molar-refractivity contribution in [3.63, 3.8) is 0 Å². The standard InChI is InChI=1S/C9H4F6NS.Ir/c1-4-2-6(16-17-4)5-3-7(10,11)9(14,15)8(5,12)13;/h2H,1H3;/q-1;. The summed E-state index contributed by atoms with van der Waals surface area (Å²) in [6.45, 7) is 1.49. The summed E-state index contributed by atoms with van der Waals surface area (Å²) in [6.07, 6.45) is 0.868. The second-order valence-electron chi connectivity index (χ2n) is 3.55. The van der Waals surface area contributed by atoms with Gasteiger partial charge in [-0.1, -0.05) is 17.2 Å². The Bertz CT molecular complexity index is 495. The molecule has 0 atom stereocenters. The van der Waals surface area contributed by atoms with Gasteiger partial charge in [0.2, 0.25) is 0 Å². The van der Waals surface area contributed by atoms with Crippen LogP contribution < -0.4 is 0 Å². The molecule has 0 bridgehead atoms. The van der Waals surface area contributed by atoms with Gasteiger partial charge in [-0.25, -0.2) is 8.78 Å². The van der Waals surface area contributed by atoms with Gasteiger partial charge in [-0.15, -0.1) is 11.6 Å². The van der Waals surface area contributed by atoms with Crippen molar-refractivity contribution in [1.82, 2.24) is 4.37 Å². The van der Waals surface area contributed by atoms with Crippen LogP contribution in [0.4, 0.5) is 26.3 Å². The van der Waals surface area contributed by atoms with Crippen LogP contribution in [-0.2, 0) is 20.1 Å². The molecule has 2 rings (SSSR count). The molecule has 0 aliphatic heterocycles. The molecule has 1 aromatic heterocycles. The average Bonchev–Trinajstić information content (AvgIpc) is 2.64. The molecular weight excluding hydrogens is 460 g/mol. The molecule has 1 aliphatic rings. The van der Waals surface area contributed by atoms with Crippen LogP contribution in [0.15, 0.2) is 6.07 Å². The Balaban J connectivity index is 0.00000162. The Morgan fingerprint density at radius 1 is 1.17 bits per heavy atom. The van der Waals surface area contributed by atoms with E-state index in [2.05, 4.69) is 4.37 Å². The van der Waals surface area contributed by atoms with Crippen molar-refractivity contribution >= 4 is 17.1 Å². The van der Waals surface area contributed by atoms with E-state index in [0.29, 0.717) is 4.88 Å². The summed E-state index contributed by atoms with van der Waals surface area (Å²) in [5.74, 6) is -15.5. The van der Waals surface area contributed by atoms with Gasteiger partial charge in [-0.2, -0.15) is 23.6 Å². The molecule has 0 fully saturated rings. The maximum atomic E-state index is 13.2. The van der Waals surface area contributed by atoms with Gasteiger partial charge in [0.15, 0.2) is 0 Å². The first-order valence-electron chi connectivity index (χ1n) is 4.32. The molecule has 1 heterocycles. The van der Waals surface area contributed by atoms with Crippen molar-refractivity contribution in [2.75, 3.05) is 0 Å². The number of nitrogens with zero attached hydrogens (tertiary/aromatic N) is 1. The molecule has 0 aromatic carbocycles. The SMILES string of the molecule is Cc1cc(C2=[C-]C(F)(F)C(F)(F)C2(F)F)ns1.[Ir]. The number of halogens is 6. The molecule has 103 valence electrons. The first-order valence-corrected chi connectivity index (χ1v) is 5.09. The fourth-order valence-corrected chi connectivity index (χ4v) is 1.93. The zero-order valence-electron chi connectivity index (χ0n) is 8.53. The van der Waals surface area contributed by atoms with Gasteiger partial charge in [0.25, 0.3) is 5.92 Å². The Morgan fingerprint density at radius 3 is 2.06 bits per heavy atom. The minimum atomic E-state index is -5.48. The van der Waals surface area contributed by atoms with Crippen molar-refractivity contribution in [2.45, 2.75) is 24.7 Å². The Hall–Kier alpha value is -0.401. The molecule has 1 nitrogen and oxygen atoms in total. The van der Waals surface area contributed by atoms with Gasteiger partial charge in [0, 0.05) is 25.0 Å². The molecular formula is C9H4F6IrNS-.